The van der Waals surface area contributed by atoms with E-state index in [1.54, 1.807) is 12.1 Å². The van der Waals surface area contributed by atoms with E-state index in [9.17, 15) is 9.59 Å². The SMILES string of the molecule is COc1ccc(N)cc1C(=O)N[C@H](C=O)CCCCN. The highest BCUT2D eigenvalue weighted by Gasteiger charge is 2.16. The van der Waals surface area contributed by atoms with Crippen LogP contribution in [0.3, 0.4) is 0 Å². The molecule has 6 heteroatoms. The van der Waals surface area contributed by atoms with Gasteiger partial charge in [0.15, 0.2) is 0 Å². The highest BCUT2D eigenvalue weighted by Crippen LogP contribution is 2.21. The number of anilines is 1. The molecule has 0 unspecified atom stereocenters. The van der Waals surface area contributed by atoms with E-state index < -0.39 is 6.04 Å². The fourth-order valence-electron chi connectivity index (χ4n) is 1.83. The van der Waals surface area contributed by atoms with E-state index in [1.807, 2.05) is 0 Å². The van der Waals surface area contributed by atoms with E-state index in [0.29, 0.717) is 30.0 Å². The number of rotatable bonds is 8. The number of carbonyl (C=O) groups is 2. The third-order valence-corrected chi connectivity index (χ3v) is 2.92. The summed E-state index contributed by atoms with van der Waals surface area (Å²) in [7, 11) is 1.47. The average Bonchev–Trinajstić information content (AvgIpc) is 2.46. The summed E-state index contributed by atoms with van der Waals surface area (Å²) in [5, 5.41) is 2.66. The van der Waals surface area contributed by atoms with Crippen LogP contribution < -0.4 is 21.5 Å². The summed E-state index contributed by atoms with van der Waals surface area (Å²) in [5.74, 6) is 0.0438. The van der Waals surface area contributed by atoms with Crippen molar-refractivity contribution in [2.24, 2.45) is 5.73 Å². The van der Waals surface area contributed by atoms with Crippen LogP contribution in [0.5, 0.6) is 5.75 Å². The molecule has 1 rings (SSSR count). The van der Waals surface area contributed by atoms with Gasteiger partial charge in [-0.05, 0) is 44.0 Å². The molecule has 1 aromatic rings. The number of hydrogen-bond acceptors (Lipinski definition) is 5. The molecule has 0 heterocycles. The van der Waals surface area contributed by atoms with Gasteiger partial charge in [0.25, 0.3) is 5.91 Å². The van der Waals surface area contributed by atoms with Crippen LogP contribution in [-0.2, 0) is 4.79 Å². The number of carbonyl (C=O) groups excluding carboxylic acids is 2. The van der Waals surface area contributed by atoms with Gasteiger partial charge in [0.2, 0.25) is 0 Å². The van der Waals surface area contributed by atoms with Crippen LogP contribution in [-0.4, -0.2) is 31.9 Å². The third kappa shape index (κ3) is 4.55. The van der Waals surface area contributed by atoms with E-state index in [1.165, 1.54) is 13.2 Å². The van der Waals surface area contributed by atoms with Crippen molar-refractivity contribution in [2.75, 3.05) is 19.4 Å². The zero-order valence-corrected chi connectivity index (χ0v) is 11.6. The summed E-state index contributed by atoms with van der Waals surface area (Å²) in [4.78, 5) is 23.1. The lowest BCUT2D eigenvalue weighted by Crippen LogP contribution is -2.36. The van der Waals surface area contributed by atoms with Crippen LogP contribution in [0.4, 0.5) is 5.69 Å². The Morgan fingerprint density at radius 2 is 2.20 bits per heavy atom. The van der Waals surface area contributed by atoms with Crippen LogP contribution in [0.25, 0.3) is 0 Å². The summed E-state index contributed by atoms with van der Waals surface area (Å²) in [6.07, 6.45) is 2.90. The van der Waals surface area contributed by atoms with E-state index in [0.717, 1.165) is 19.1 Å². The van der Waals surface area contributed by atoms with Gasteiger partial charge >= 0.3 is 0 Å². The minimum Gasteiger partial charge on any atom is -0.496 e. The average molecular weight is 279 g/mol. The number of nitrogens with two attached hydrogens (primary N) is 2. The summed E-state index contributed by atoms with van der Waals surface area (Å²) < 4.78 is 5.11. The molecule has 20 heavy (non-hydrogen) atoms. The summed E-state index contributed by atoms with van der Waals surface area (Å²) in [6, 6.07) is 4.26. The van der Waals surface area contributed by atoms with Crippen LogP contribution in [0.2, 0.25) is 0 Å². The van der Waals surface area contributed by atoms with E-state index >= 15 is 0 Å². The fraction of sp³-hybridized carbons (Fsp3) is 0.429. The van der Waals surface area contributed by atoms with Crippen molar-refractivity contribution in [1.82, 2.24) is 5.32 Å². The van der Waals surface area contributed by atoms with Crippen LogP contribution >= 0.6 is 0 Å². The number of methoxy groups -OCH3 is 1. The minimum atomic E-state index is -0.528. The first kappa shape index (κ1) is 16.0. The zero-order chi connectivity index (χ0) is 15.0. The maximum atomic E-state index is 12.1. The molecule has 0 aliphatic heterocycles. The molecule has 0 fully saturated rings. The predicted octanol–water partition coefficient (Wildman–Crippen LogP) is 0.704. The molecule has 110 valence electrons. The number of hydrogen-bond donors (Lipinski definition) is 3. The van der Waals surface area contributed by atoms with Crippen molar-refractivity contribution < 1.29 is 14.3 Å². The molecule has 0 aliphatic carbocycles. The molecule has 0 spiro atoms. The van der Waals surface area contributed by atoms with Crippen molar-refractivity contribution in [3.63, 3.8) is 0 Å². The Morgan fingerprint density at radius 1 is 1.45 bits per heavy atom. The molecule has 1 atom stereocenters. The van der Waals surface area contributed by atoms with Gasteiger partial charge in [-0.25, -0.2) is 0 Å². The normalized spacial score (nSPS) is 11.7. The number of amides is 1. The lowest BCUT2D eigenvalue weighted by atomic mass is 10.1. The van der Waals surface area contributed by atoms with E-state index in [2.05, 4.69) is 5.32 Å². The third-order valence-electron chi connectivity index (χ3n) is 2.92. The van der Waals surface area contributed by atoms with Crippen molar-refractivity contribution in [3.8, 4) is 5.75 Å². The molecule has 5 N–H and O–H groups in total. The molecule has 0 bridgehead atoms. The molecular formula is C14H21N3O3. The first-order valence-corrected chi connectivity index (χ1v) is 6.52. The smallest absolute Gasteiger partial charge is 0.255 e. The van der Waals surface area contributed by atoms with Crippen molar-refractivity contribution in [1.29, 1.82) is 0 Å². The van der Waals surface area contributed by atoms with Gasteiger partial charge in [-0.3, -0.25) is 4.79 Å². The van der Waals surface area contributed by atoms with Crippen molar-refractivity contribution >= 4 is 17.9 Å². The quantitative estimate of drug-likeness (QED) is 0.369. The number of unbranched alkanes of at least 4 members (excludes halogenated alkanes) is 1. The summed E-state index contributed by atoms with van der Waals surface area (Å²) in [5.41, 5.74) is 11.8. The van der Waals surface area contributed by atoms with E-state index in [-0.39, 0.29) is 5.91 Å². The molecule has 0 radical (unpaired) electrons. The Labute approximate surface area is 118 Å². The Morgan fingerprint density at radius 3 is 2.80 bits per heavy atom. The monoisotopic (exact) mass is 279 g/mol. The Hall–Kier alpha value is -2.08. The summed E-state index contributed by atoms with van der Waals surface area (Å²) >= 11 is 0. The fourth-order valence-corrected chi connectivity index (χ4v) is 1.83. The number of benzene rings is 1. The lowest BCUT2D eigenvalue weighted by Gasteiger charge is -2.14. The molecule has 1 amide bonds. The molecule has 1 aromatic carbocycles. The highest BCUT2D eigenvalue weighted by molar-refractivity contribution is 5.99. The predicted molar refractivity (Wildman–Crippen MR) is 77.6 cm³/mol. The molecule has 6 nitrogen and oxygen atoms in total. The zero-order valence-electron chi connectivity index (χ0n) is 11.6. The lowest BCUT2D eigenvalue weighted by molar-refractivity contribution is -0.109. The Balaban J connectivity index is 2.73. The molecule has 0 aliphatic rings. The maximum Gasteiger partial charge on any atom is 0.255 e. The van der Waals surface area contributed by atoms with Gasteiger partial charge in [0, 0.05) is 5.69 Å². The number of ether oxygens (including phenoxy) is 1. The van der Waals surface area contributed by atoms with Gasteiger partial charge in [0.05, 0.1) is 18.7 Å². The first-order valence-electron chi connectivity index (χ1n) is 6.52. The van der Waals surface area contributed by atoms with Gasteiger partial charge in [0.1, 0.15) is 12.0 Å². The van der Waals surface area contributed by atoms with Crippen molar-refractivity contribution in [2.45, 2.75) is 25.3 Å². The summed E-state index contributed by atoms with van der Waals surface area (Å²) in [6.45, 7) is 0.572. The van der Waals surface area contributed by atoms with Crippen LogP contribution in [0.1, 0.15) is 29.6 Å². The first-order chi connectivity index (χ1) is 9.62. The topological polar surface area (TPSA) is 107 Å². The van der Waals surface area contributed by atoms with E-state index in [4.69, 9.17) is 16.2 Å². The van der Waals surface area contributed by atoms with Gasteiger partial charge in [-0.15, -0.1) is 0 Å². The Kier molecular flexibility index (Phi) is 6.52. The second kappa shape index (κ2) is 8.16. The van der Waals surface area contributed by atoms with Crippen LogP contribution in [0.15, 0.2) is 18.2 Å². The number of nitrogen functional groups attached to an aromatic ring is 1. The highest BCUT2D eigenvalue weighted by atomic mass is 16.5. The van der Waals surface area contributed by atoms with Gasteiger partial charge in [-0.1, -0.05) is 0 Å². The minimum absolute atomic E-state index is 0.318. The van der Waals surface area contributed by atoms with Crippen LogP contribution in [0, 0.1) is 0 Å². The Bertz CT molecular complexity index is 463. The molecular weight excluding hydrogens is 258 g/mol. The second-order valence-electron chi connectivity index (χ2n) is 4.46. The standard InChI is InChI=1S/C14H21N3O3/c1-20-13-6-5-10(16)8-12(13)14(19)17-11(9-18)4-2-3-7-15/h5-6,8-9,11H,2-4,7,15-16H2,1H3,(H,17,19)/t11-/m0/s1. The largest absolute Gasteiger partial charge is 0.496 e. The molecule has 0 aromatic heterocycles. The second-order valence-corrected chi connectivity index (χ2v) is 4.46. The van der Waals surface area contributed by atoms with Gasteiger partial charge < -0.3 is 26.3 Å². The van der Waals surface area contributed by atoms with Gasteiger partial charge in [-0.2, -0.15) is 0 Å². The molecule has 0 saturated carbocycles. The number of aldehydes is 1. The number of nitrogens with one attached hydrogen (secondary N) is 1. The molecule has 0 saturated heterocycles. The van der Waals surface area contributed by atoms with Crippen molar-refractivity contribution in [3.05, 3.63) is 23.8 Å². The maximum absolute atomic E-state index is 12.1.